The highest BCUT2D eigenvalue weighted by Gasteiger charge is 2.52. The monoisotopic (exact) mass is 383 g/mol. The molecule has 1 saturated carbocycles. The van der Waals surface area contributed by atoms with E-state index in [1.54, 1.807) is 12.1 Å². The summed E-state index contributed by atoms with van der Waals surface area (Å²) < 4.78 is 18.7. The second-order valence-corrected chi connectivity index (χ2v) is 7.95. The van der Waals surface area contributed by atoms with Crippen LogP contribution in [0.15, 0.2) is 54.6 Å². The van der Waals surface area contributed by atoms with Crippen LogP contribution >= 0.6 is 0 Å². The van der Waals surface area contributed by atoms with E-state index in [2.05, 4.69) is 5.32 Å². The molecule has 0 aromatic heterocycles. The Morgan fingerprint density at radius 3 is 2.36 bits per heavy atom. The van der Waals surface area contributed by atoms with Crippen LogP contribution < -0.4 is 5.32 Å². The highest BCUT2D eigenvalue weighted by Crippen LogP contribution is 2.48. The summed E-state index contributed by atoms with van der Waals surface area (Å²) in [5.41, 5.74) is -0.0878. The van der Waals surface area contributed by atoms with Crippen molar-refractivity contribution in [2.75, 3.05) is 19.8 Å². The molecule has 28 heavy (non-hydrogen) atoms. The molecule has 148 valence electrons. The number of carbonyl (C=O) groups is 1. The Morgan fingerprint density at radius 1 is 1.11 bits per heavy atom. The molecule has 2 aromatic carbocycles. The van der Waals surface area contributed by atoms with Gasteiger partial charge in [-0.25, -0.2) is 4.39 Å². The van der Waals surface area contributed by atoms with Crippen LogP contribution in [0.25, 0.3) is 0 Å². The minimum absolute atomic E-state index is 0.0184. The van der Waals surface area contributed by atoms with Crippen molar-refractivity contribution in [3.05, 3.63) is 71.5 Å². The minimum atomic E-state index is -1.14. The van der Waals surface area contributed by atoms with Crippen molar-refractivity contribution in [2.24, 2.45) is 5.92 Å². The Labute approximate surface area is 164 Å². The van der Waals surface area contributed by atoms with E-state index in [9.17, 15) is 14.3 Å². The SMILES string of the molecule is O=C(NC[C@](O)(c1ccccc1)C1CCOCC1)C1(c2ccc(F)cc2)CC1. The molecule has 1 saturated heterocycles. The summed E-state index contributed by atoms with van der Waals surface area (Å²) >= 11 is 0. The van der Waals surface area contributed by atoms with Crippen LogP contribution in [0.3, 0.4) is 0 Å². The van der Waals surface area contributed by atoms with Crippen LogP contribution in [0, 0.1) is 11.7 Å². The molecule has 1 aliphatic carbocycles. The van der Waals surface area contributed by atoms with Crippen molar-refractivity contribution in [3.63, 3.8) is 0 Å². The summed E-state index contributed by atoms with van der Waals surface area (Å²) in [6, 6.07) is 15.7. The molecule has 4 rings (SSSR count). The molecule has 0 unspecified atom stereocenters. The summed E-state index contributed by atoms with van der Waals surface area (Å²) in [6.45, 7) is 1.39. The fourth-order valence-electron chi connectivity index (χ4n) is 4.31. The summed E-state index contributed by atoms with van der Waals surface area (Å²) in [7, 11) is 0. The van der Waals surface area contributed by atoms with Gasteiger partial charge in [-0.2, -0.15) is 0 Å². The molecule has 1 atom stereocenters. The topological polar surface area (TPSA) is 58.6 Å². The molecular weight excluding hydrogens is 357 g/mol. The van der Waals surface area contributed by atoms with Crippen molar-refractivity contribution in [1.82, 2.24) is 5.32 Å². The van der Waals surface area contributed by atoms with Crippen LogP contribution in [0.1, 0.15) is 36.8 Å². The van der Waals surface area contributed by atoms with Crippen molar-refractivity contribution in [1.29, 1.82) is 0 Å². The highest BCUT2D eigenvalue weighted by atomic mass is 19.1. The lowest BCUT2D eigenvalue weighted by atomic mass is 9.77. The second kappa shape index (κ2) is 7.64. The lowest BCUT2D eigenvalue weighted by Gasteiger charge is -2.39. The van der Waals surface area contributed by atoms with Gasteiger partial charge in [-0.1, -0.05) is 42.5 Å². The molecule has 4 nitrogen and oxygen atoms in total. The number of hydrogen-bond donors (Lipinski definition) is 2. The molecule has 2 aromatic rings. The van der Waals surface area contributed by atoms with Gasteiger partial charge in [0.1, 0.15) is 11.4 Å². The first-order valence-electron chi connectivity index (χ1n) is 9.95. The third-order valence-electron chi connectivity index (χ3n) is 6.27. The van der Waals surface area contributed by atoms with Gasteiger partial charge in [0.2, 0.25) is 5.91 Å². The molecule has 5 heteroatoms. The van der Waals surface area contributed by atoms with E-state index < -0.39 is 11.0 Å². The number of halogens is 1. The number of hydrogen-bond acceptors (Lipinski definition) is 3. The van der Waals surface area contributed by atoms with Gasteiger partial charge >= 0.3 is 0 Å². The summed E-state index contributed by atoms with van der Waals surface area (Å²) in [5.74, 6) is -0.386. The van der Waals surface area contributed by atoms with Gasteiger partial charge in [0.05, 0.1) is 12.0 Å². The quantitative estimate of drug-likeness (QED) is 0.805. The van der Waals surface area contributed by atoms with Crippen LogP contribution in [0.5, 0.6) is 0 Å². The maximum Gasteiger partial charge on any atom is 0.230 e. The lowest BCUT2D eigenvalue weighted by molar-refractivity contribution is -0.126. The van der Waals surface area contributed by atoms with E-state index in [0.717, 1.165) is 36.8 Å². The number of carbonyl (C=O) groups excluding carboxylic acids is 1. The van der Waals surface area contributed by atoms with Crippen LogP contribution in [0.4, 0.5) is 4.39 Å². The first-order valence-corrected chi connectivity index (χ1v) is 9.95. The largest absolute Gasteiger partial charge is 0.383 e. The fourth-order valence-corrected chi connectivity index (χ4v) is 4.31. The van der Waals surface area contributed by atoms with Gasteiger partial charge in [-0.3, -0.25) is 4.79 Å². The molecule has 0 radical (unpaired) electrons. The number of ether oxygens (including phenoxy) is 1. The van der Waals surface area contributed by atoms with E-state index in [4.69, 9.17) is 4.74 Å². The first-order chi connectivity index (χ1) is 13.5. The molecule has 2 aliphatic rings. The van der Waals surface area contributed by atoms with Crippen molar-refractivity contribution in [3.8, 4) is 0 Å². The number of rotatable bonds is 6. The van der Waals surface area contributed by atoms with Gasteiger partial charge in [-0.15, -0.1) is 0 Å². The summed E-state index contributed by atoms with van der Waals surface area (Å²) in [4.78, 5) is 13.0. The van der Waals surface area contributed by atoms with E-state index in [0.29, 0.717) is 13.2 Å². The van der Waals surface area contributed by atoms with Crippen LogP contribution in [-0.2, 0) is 20.5 Å². The number of amides is 1. The molecule has 2 N–H and O–H groups in total. The average Bonchev–Trinajstić information content (AvgIpc) is 3.55. The lowest BCUT2D eigenvalue weighted by Crippen LogP contribution is -2.49. The van der Waals surface area contributed by atoms with E-state index in [-0.39, 0.29) is 24.2 Å². The molecular formula is C23H26FNO3. The van der Waals surface area contributed by atoms with Crippen molar-refractivity contribution < 1.29 is 19.0 Å². The average molecular weight is 383 g/mol. The Bertz CT molecular complexity index is 814. The van der Waals surface area contributed by atoms with Crippen LogP contribution in [0.2, 0.25) is 0 Å². The number of aliphatic hydroxyl groups is 1. The Hall–Kier alpha value is -2.24. The summed E-state index contributed by atoms with van der Waals surface area (Å²) in [6.07, 6.45) is 2.99. The van der Waals surface area contributed by atoms with Gasteiger partial charge in [0.15, 0.2) is 0 Å². The van der Waals surface area contributed by atoms with Gasteiger partial charge < -0.3 is 15.2 Å². The minimum Gasteiger partial charge on any atom is -0.383 e. The second-order valence-electron chi connectivity index (χ2n) is 7.95. The molecule has 1 amide bonds. The van der Waals surface area contributed by atoms with Crippen molar-refractivity contribution >= 4 is 5.91 Å². The molecule has 1 aliphatic heterocycles. The van der Waals surface area contributed by atoms with E-state index in [1.807, 2.05) is 30.3 Å². The molecule has 2 fully saturated rings. The maximum absolute atomic E-state index is 13.3. The Kier molecular flexibility index (Phi) is 5.21. The normalized spacial score (nSPS) is 20.9. The Morgan fingerprint density at radius 2 is 1.75 bits per heavy atom. The highest BCUT2D eigenvalue weighted by molar-refractivity contribution is 5.91. The van der Waals surface area contributed by atoms with Crippen LogP contribution in [-0.4, -0.2) is 30.8 Å². The summed E-state index contributed by atoms with van der Waals surface area (Å²) in [5, 5.41) is 14.6. The zero-order chi connectivity index (χ0) is 19.6. The predicted octanol–water partition coefficient (Wildman–Crippen LogP) is 3.29. The predicted molar refractivity (Wildman–Crippen MR) is 104 cm³/mol. The fraction of sp³-hybridized carbons (Fsp3) is 0.435. The smallest absolute Gasteiger partial charge is 0.230 e. The van der Waals surface area contributed by atoms with E-state index >= 15 is 0 Å². The standard InChI is InChI=1S/C23H26FNO3/c24-20-8-6-17(7-9-20)22(12-13-22)21(26)25-16-23(27,18-4-2-1-3-5-18)19-10-14-28-15-11-19/h1-9,19,27H,10-16H2,(H,25,26)/t23-/m0/s1. The van der Waals surface area contributed by atoms with Gasteiger partial charge in [-0.05, 0) is 54.9 Å². The number of benzene rings is 2. The van der Waals surface area contributed by atoms with Gasteiger partial charge in [0.25, 0.3) is 0 Å². The Balaban J connectivity index is 1.53. The van der Waals surface area contributed by atoms with Crippen molar-refractivity contribution in [2.45, 2.75) is 36.7 Å². The third-order valence-corrected chi connectivity index (χ3v) is 6.27. The molecule has 0 bridgehead atoms. The van der Waals surface area contributed by atoms with Gasteiger partial charge in [0, 0.05) is 13.2 Å². The molecule has 1 heterocycles. The maximum atomic E-state index is 13.3. The number of nitrogens with one attached hydrogen (secondary N) is 1. The molecule has 0 spiro atoms. The zero-order valence-corrected chi connectivity index (χ0v) is 15.9. The van der Waals surface area contributed by atoms with E-state index in [1.165, 1.54) is 12.1 Å². The zero-order valence-electron chi connectivity index (χ0n) is 15.9. The first kappa shape index (κ1) is 19.1. The third kappa shape index (κ3) is 3.56.